The Kier molecular flexibility index (Phi) is 9.81. The number of fused-ring (bicyclic) bond motifs is 1. The van der Waals surface area contributed by atoms with Crippen molar-refractivity contribution in [1.29, 1.82) is 0 Å². The first-order chi connectivity index (χ1) is 16.1. The van der Waals surface area contributed by atoms with Gasteiger partial charge in [-0.15, -0.1) is 11.3 Å². The highest BCUT2D eigenvalue weighted by Crippen LogP contribution is 2.37. The molecule has 0 spiro atoms. The Bertz CT molecular complexity index is 958. The highest BCUT2D eigenvalue weighted by Gasteiger charge is 2.25. The van der Waals surface area contributed by atoms with Crippen LogP contribution in [0, 0.1) is 0 Å². The average molecular weight is 491 g/mol. The van der Waals surface area contributed by atoms with Crippen LogP contribution in [0.2, 0.25) is 0 Å². The summed E-state index contributed by atoms with van der Waals surface area (Å²) < 4.78 is 16.7. The second kappa shape index (κ2) is 12.8. The summed E-state index contributed by atoms with van der Waals surface area (Å²) in [4.78, 5) is 14.1. The van der Waals surface area contributed by atoms with Gasteiger partial charge >= 0.3 is 5.97 Å². The lowest BCUT2D eigenvalue weighted by Crippen LogP contribution is -2.28. The van der Waals surface area contributed by atoms with Crippen molar-refractivity contribution in [3.63, 3.8) is 0 Å². The van der Waals surface area contributed by atoms with E-state index in [9.17, 15) is 4.79 Å². The van der Waals surface area contributed by atoms with Gasteiger partial charge in [0, 0.05) is 11.4 Å². The van der Waals surface area contributed by atoms with Crippen LogP contribution in [0.1, 0.15) is 72.8 Å². The van der Waals surface area contributed by atoms with Gasteiger partial charge in [0.2, 0.25) is 0 Å². The minimum Gasteiger partial charge on any atom is -0.490 e. The van der Waals surface area contributed by atoms with Gasteiger partial charge < -0.3 is 24.8 Å². The molecular formula is C25H34N2O4S2. The monoisotopic (exact) mass is 490 g/mol. The van der Waals surface area contributed by atoms with E-state index in [-0.39, 0.29) is 5.97 Å². The Morgan fingerprint density at radius 1 is 1.00 bits per heavy atom. The lowest BCUT2D eigenvalue weighted by Gasteiger charge is -2.14. The number of hydrogen-bond acceptors (Lipinski definition) is 6. The van der Waals surface area contributed by atoms with Gasteiger partial charge in [0.05, 0.1) is 25.4 Å². The maximum Gasteiger partial charge on any atom is 0.341 e. The normalized spacial score (nSPS) is 13.3. The molecule has 3 rings (SSSR count). The highest BCUT2D eigenvalue weighted by molar-refractivity contribution is 7.80. The largest absolute Gasteiger partial charge is 0.490 e. The zero-order chi connectivity index (χ0) is 23.6. The summed E-state index contributed by atoms with van der Waals surface area (Å²) in [6, 6.07) is 5.87. The number of thiophene rings is 1. The Balaban J connectivity index is 1.72. The quantitative estimate of drug-likeness (QED) is 0.337. The van der Waals surface area contributed by atoms with Crippen LogP contribution in [0.5, 0.6) is 11.5 Å². The van der Waals surface area contributed by atoms with Gasteiger partial charge in [-0.2, -0.15) is 0 Å². The SMILES string of the molecule is CCOC(=O)c1c(NC(=S)NCc2ccc(OCC)c(OCC)c2)sc2c1CCCCCC2. The van der Waals surface area contributed by atoms with Crippen molar-refractivity contribution in [2.75, 3.05) is 25.1 Å². The molecule has 0 fully saturated rings. The van der Waals surface area contributed by atoms with Crippen molar-refractivity contribution in [3.05, 3.63) is 39.8 Å². The van der Waals surface area contributed by atoms with Crippen LogP contribution in [-0.4, -0.2) is 30.9 Å². The van der Waals surface area contributed by atoms with Crippen LogP contribution >= 0.6 is 23.6 Å². The molecule has 1 aliphatic carbocycles. The fraction of sp³-hybridized carbons (Fsp3) is 0.520. The van der Waals surface area contributed by atoms with Crippen molar-refractivity contribution in [3.8, 4) is 11.5 Å². The predicted octanol–water partition coefficient (Wildman–Crippen LogP) is 5.87. The molecule has 1 aromatic carbocycles. The van der Waals surface area contributed by atoms with Gasteiger partial charge in [-0.1, -0.05) is 18.9 Å². The number of anilines is 1. The molecular weight excluding hydrogens is 456 g/mol. The number of carbonyl (C=O) groups excluding carboxylic acids is 1. The molecule has 2 aromatic rings. The van der Waals surface area contributed by atoms with Crippen molar-refractivity contribution in [2.24, 2.45) is 0 Å². The van der Waals surface area contributed by atoms with E-state index in [4.69, 9.17) is 26.4 Å². The molecule has 0 saturated heterocycles. The number of carbonyl (C=O) groups is 1. The van der Waals surface area contributed by atoms with E-state index in [0.717, 1.165) is 53.3 Å². The van der Waals surface area contributed by atoms with E-state index < -0.39 is 0 Å². The summed E-state index contributed by atoms with van der Waals surface area (Å²) in [6.45, 7) is 7.76. The molecule has 2 N–H and O–H groups in total. The molecule has 6 nitrogen and oxygen atoms in total. The molecule has 0 radical (unpaired) electrons. The minimum atomic E-state index is -0.270. The standard InChI is InChI=1S/C25H34N2O4S2/c1-4-29-19-14-13-17(15-20(19)30-5-2)16-26-25(32)27-23-22(24(28)31-6-3)18-11-9-7-8-10-12-21(18)33-23/h13-15H,4-12,16H2,1-3H3,(H2,26,27,32). The third kappa shape index (κ3) is 6.84. The average Bonchev–Trinajstić information content (AvgIpc) is 3.10. The molecule has 1 aromatic heterocycles. The topological polar surface area (TPSA) is 68.8 Å². The third-order valence-electron chi connectivity index (χ3n) is 5.44. The summed E-state index contributed by atoms with van der Waals surface area (Å²) in [5.41, 5.74) is 2.81. The number of nitrogens with one attached hydrogen (secondary N) is 2. The maximum absolute atomic E-state index is 12.8. The minimum absolute atomic E-state index is 0.270. The summed E-state index contributed by atoms with van der Waals surface area (Å²) in [7, 11) is 0. The second-order valence-electron chi connectivity index (χ2n) is 7.80. The molecule has 0 unspecified atom stereocenters. The van der Waals surface area contributed by atoms with E-state index in [0.29, 0.717) is 37.0 Å². The smallest absolute Gasteiger partial charge is 0.341 e. The third-order valence-corrected chi connectivity index (χ3v) is 6.89. The van der Waals surface area contributed by atoms with Gasteiger partial charge in [-0.25, -0.2) is 4.79 Å². The molecule has 0 aliphatic heterocycles. The number of thiocarbonyl (C=S) groups is 1. The second-order valence-corrected chi connectivity index (χ2v) is 9.31. The van der Waals surface area contributed by atoms with Gasteiger partial charge in [-0.3, -0.25) is 0 Å². The molecule has 1 heterocycles. The first-order valence-corrected chi connectivity index (χ1v) is 13.0. The number of esters is 1. The number of ether oxygens (including phenoxy) is 3. The Morgan fingerprint density at radius 2 is 1.73 bits per heavy atom. The molecule has 1 aliphatic rings. The van der Waals surface area contributed by atoms with Crippen molar-refractivity contribution >= 4 is 39.6 Å². The number of rotatable bonds is 9. The van der Waals surface area contributed by atoms with E-state index in [1.807, 2.05) is 39.0 Å². The molecule has 0 saturated carbocycles. The van der Waals surface area contributed by atoms with Crippen LogP contribution in [0.4, 0.5) is 5.00 Å². The summed E-state index contributed by atoms with van der Waals surface area (Å²) in [5.74, 6) is 1.19. The maximum atomic E-state index is 12.8. The van der Waals surface area contributed by atoms with Gasteiger partial charge in [-0.05, 0) is 81.9 Å². The summed E-state index contributed by atoms with van der Waals surface area (Å²) in [5, 5.41) is 7.77. The predicted molar refractivity (Wildman–Crippen MR) is 138 cm³/mol. The molecule has 33 heavy (non-hydrogen) atoms. The van der Waals surface area contributed by atoms with E-state index in [2.05, 4.69) is 10.6 Å². The van der Waals surface area contributed by atoms with E-state index in [1.54, 1.807) is 11.3 Å². The van der Waals surface area contributed by atoms with Crippen LogP contribution < -0.4 is 20.1 Å². The van der Waals surface area contributed by atoms with Crippen LogP contribution in [0.3, 0.4) is 0 Å². The lowest BCUT2D eigenvalue weighted by molar-refractivity contribution is 0.0526. The van der Waals surface area contributed by atoms with Gasteiger partial charge in [0.1, 0.15) is 5.00 Å². The van der Waals surface area contributed by atoms with Crippen molar-refractivity contribution in [1.82, 2.24) is 5.32 Å². The molecule has 180 valence electrons. The molecule has 8 heteroatoms. The van der Waals surface area contributed by atoms with E-state index in [1.165, 1.54) is 17.7 Å². The zero-order valence-corrected chi connectivity index (χ0v) is 21.4. The molecule has 0 bridgehead atoms. The Morgan fingerprint density at radius 3 is 2.45 bits per heavy atom. The van der Waals surface area contributed by atoms with Crippen molar-refractivity contribution < 1.29 is 19.0 Å². The Labute approximate surface area is 206 Å². The fourth-order valence-corrected chi connectivity index (χ4v) is 5.48. The number of hydrogen-bond donors (Lipinski definition) is 2. The Hall–Kier alpha value is -2.32. The summed E-state index contributed by atoms with van der Waals surface area (Å²) >= 11 is 7.20. The molecule has 0 atom stereocenters. The van der Waals surface area contributed by atoms with Crippen molar-refractivity contribution in [2.45, 2.75) is 65.8 Å². The van der Waals surface area contributed by atoms with Crippen LogP contribution in [0.25, 0.3) is 0 Å². The number of benzene rings is 1. The fourth-order valence-electron chi connectivity index (χ4n) is 3.96. The zero-order valence-electron chi connectivity index (χ0n) is 19.8. The van der Waals surface area contributed by atoms with E-state index >= 15 is 0 Å². The first kappa shape index (κ1) is 25.3. The van der Waals surface area contributed by atoms with Gasteiger partial charge in [0.25, 0.3) is 0 Å². The number of aryl methyl sites for hydroxylation is 1. The summed E-state index contributed by atoms with van der Waals surface area (Å²) in [6.07, 6.45) is 6.59. The van der Waals surface area contributed by atoms with Crippen LogP contribution in [0.15, 0.2) is 18.2 Å². The first-order valence-electron chi connectivity index (χ1n) is 11.8. The van der Waals surface area contributed by atoms with Gasteiger partial charge in [0.15, 0.2) is 16.6 Å². The highest BCUT2D eigenvalue weighted by atomic mass is 32.1. The molecule has 0 amide bonds. The lowest BCUT2D eigenvalue weighted by atomic mass is 9.96. The van der Waals surface area contributed by atoms with Crippen LogP contribution in [-0.2, 0) is 24.1 Å².